The molecule has 1 heterocycles. The number of hydrogen-bond acceptors (Lipinski definition) is 4. The van der Waals surface area contributed by atoms with E-state index in [0.29, 0.717) is 18.1 Å². The number of carbonyl (C=O) groups excluding carboxylic acids is 1. The van der Waals surface area contributed by atoms with E-state index in [4.69, 9.17) is 11.6 Å². The number of piperazine rings is 1. The van der Waals surface area contributed by atoms with Gasteiger partial charge in [-0.15, -0.1) is 0 Å². The normalized spacial score (nSPS) is 16.1. The number of sulfonamides is 1. The summed E-state index contributed by atoms with van der Waals surface area (Å²) in [6.45, 7) is 1.21. The molecule has 0 spiro atoms. The van der Waals surface area contributed by atoms with Crippen molar-refractivity contribution in [2.24, 2.45) is 0 Å². The molecule has 0 aromatic heterocycles. The summed E-state index contributed by atoms with van der Waals surface area (Å²) in [5, 5.41) is 2.84. The topological polar surface area (TPSA) is 69.7 Å². The second kappa shape index (κ2) is 8.52. The fraction of sp³-hybridized carbons (Fsp3) is 0.278. The minimum absolute atomic E-state index is 0.0179. The van der Waals surface area contributed by atoms with Gasteiger partial charge in [-0.3, -0.25) is 9.69 Å². The van der Waals surface area contributed by atoms with E-state index >= 15 is 0 Å². The van der Waals surface area contributed by atoms with Gasteiger partial charge >= 0.3 is 0 Å². The molecule has 1 amide bonds. The molecule has 0 bridgehead atoms. The number of nitrogens with zero attached hydrogens (tertiary/aromatic N) is 2. The largest absolute Gasteiger partial charge is 0.325 e. The van der Waals surface area contributed by atoms with Gasteiger partial charge in [0.05, 0.1) is 11.4 Å². The molecule has 28 heavy (non-hydrogen) atoms. The Kier molecular flexibility index (Phi) is 6.29. The van der Waals surface area contributed by atoms with E-state index in [1.807, 2.05) is 0 Å². The number of rotatable bonds is 5. The summed E-state index contributed by atoms with van der Waals surface area (Å²) < 4.78 is 52.8. The predicted molar refractivity (Wildman–Crippen MR) is 102 cm³/mol. The lowest BCUT2D eigenvalue weighted by atomic mass is 10.3. The van der Waals surface area contributed by atoms with Crippen LogP contribution in [0.5, 0.6) is 0 Å². The van der Waals surface area contributed by atoms with Crippen LogP contribution in [0.4, 0.5) is 14.5 Å². The lowest BCUT2D eigenvalue weighted by Crippen LogP contribution is -2.50. The molecule has 0 unspecified atom stereocenters. The van der Waals surface area contributed by atoms with Crippen molar-refractivity contribution < 1.29 is 22.0 Å². The summed E-state index contributed by atoms with van der Waals surface area (Å²) in [5.41, 5.74) is 0.158. The van der Waals surface area contributed by atoms with Crippen LogP contribution in [-0.2, 0) is 14.8 Å². The van der Waals surface area contributed by atoms with Crippen LogP contribution in [0.25, 0.3) is 0 Å². The fourth-order valence-corrected chi connectivity index (χ4v) is 4.61. The third kappa shape index (κ3) is 4.85. The highest BCUT2D eigenvalue weighted by Crippen LogP contribution is 2.21. The molecule has 6 nitrogen and oxygen atoms in total. The number of carbonyl (C=O) groups is 1. The molecule has 150 valence electrons. The first-order valence-electron chi connectivity index (χ1n) is 8.49. The van der Waals surface area contributed by atoms with Gasteiger partial charge in [0.25, 0.3) is 0 Å². The summed E-state index contributed by atoms with van der Waals surface area (Å²) in [6.07, 6.45) is 0. The number of benzene rings is 2. The molecule has 1 N–H and O–H groups in total. The Morgan fingerprint density at radius 1 is 1.04 bits per heavy atom. The summed E-state index contributed by atoms with van der Waals surface area (Å²) in [5.74, 6) is -2.43. The van der Waals surface area contributed by atoms with Crippen LogP contribution in [0.15, 0.2) is 47.4 Å². The van der Waals surface area contributed by atoms with Gasteiger partial charge in [0.2, 0.25) is 15.9 Å². The molecule has 1 saturated heterocycles. The Morgan fingerprint density at radius 2 is 1.75 bits per heavy atom. The van der Waals surface area contributed by atoms with Gasteiger partial charge < -0.3 is 5.32 Å². The van der Waals surface area contributed by atoms with Gasteiger partial charge in [0.15, 0.2) is 11.6 Å². The Bertz CT molecular complexity index is 980. The quantitative estimate of drug-likeness (QED) is 0.793. The van der Waals surface area contributed by atoms with Crippen molar-refractivity contribution in [2.45, 2.75) is 4.90 Å². The van der Waals surface area contributed by atoms with E-state index in [9.17, 15) is 22.0 Å². The van der Waals surface area contributed by atoms with Crippen LogP contribution in [0, 0.1) is 11.6 Å². The summed E-state index contributed by atoms with van der Waals surface area (Å²) >= 11 is 5.88. The van der Waals surface area contributed by atoms with Crippen LogP contribution in [0.2, 0.25) is 5.02 Å². The summed E-state index contributed by atoms with van der Waals surface area (Å²) in [4.78, 5) is 14.0. The fourth-order valence-electron chi connectivity index (χ4n) is 2.88. The molecule has 0 saturated carbocycles. The number of hydrogen-bond donors (Lipinski definition) is 1. The molecule has 1 aliphatic rings. The van der Waals surface area contributed by atoms with Gasteiger partial charge in [-0.2, -0.15) is 4.31 Å². The first-order chi connectivity index (χ1) is 13.3. The van der Waals surface area contributed by atoms with E-state index in [2.05, 4.69) is 5.32 Å². The maximum absolute atomic E-state index is 13.2. The predicted octanol–water partition coefficient (Wildman–Crippen LogP) is 2.56. The average Bonchev–Trinajstić information content (AvgIpc) is 2.65. The zero-order valence-corrected chi connectivity index (χ0v) is 16.3. The molecule has 10 heteroatoms. The Morgan fingerprint density at radius 3 is 2.39 bits per heavy atom. The minimum Gasteiger partial charge on any atom is -0.325 e. The van der Waals surface area contributed by atoms with E-state index in [0.717, 1.165) is 12.1 Å². The number of nitrogens with one attached hydrogen (secondary N) is 1. The zero-order chi connectivity index (χ0) is 20.3. The van der Waals surface area contributed by atoms with E-state index in [1.54, 1.807) is 17.0 Å². The second-order valence-electron chi connectivity index (χ2n) is 6.31. The molecule has 2 aromatic rings. The number of anilines is 1. The van der Waals surface area contributed by atoms with Crippen molar-refractivity contribution in [1.82, 2.24) is 9.21 Å². The Hall–Kier alpha value is -2.07. The third-order valence-electron chi connectivity index (χ3n) is 4.34. The molecule has 2 aromatic carbocycles. The van der Waals surface area contributed by atoms with Crippen LogP contribution in [0.1, 0.15) is 0 Å². The number of amides is 1. The highest BCUT2D eigenvalue weighted by molar-refractivity contribution is 7.89. The first-order valence-corrected chi connectivity index (χ1v) is 10.3. The second-order valence-corrected chi connectivity index (χ2v) is 8.69. The molecule has 3 rings (SSSR count). The molecule has 0 radical (unpaired) electrons. The first kappa shape index (κ1) is 20.7. The van der Waals surface area contributed by atoms with E-state index in [1.165, 1.54) is 22.5 Å². The van der Waals surface area contributed by atoms with Crippen LogP contribution in [-0.4, -0.2) is 56.3 Å². The lowest BCUT2D eigenvalue weighted by molar-refractivity contribution is -0.117. The Labute approximate surface area is 166 Å². The summed E-state index contributed by atoms with van der Waals surface area (Å²) in [6, 6.07) is 9.18. The van der Waals surface area contributed by atoms with E-state index < -0.39 is 27.6 Å². The van der Waals surface area contributed by atoms with Crippen molar-refractivity contribution in [2.75, 3.05) is 38.0 Å². The molecule has 0 aliphatic carbocycles. The molecule has 1 fully saturated rings. The van der Waals surface area contributed by atoms with Gasteiger partial charge in [0.1, 0.15) is 0 Å². The van der Waals surface area contributed by atoms with Crippen molar-refractivity contribution >= 4 is 33.2 Å². The number of halogens is 3. The van der Waals surface area contributed by atoms with Crippen molar-refractivity contribution in [1.29, 1.82) is 0 Å². The highest BCUT2D eigenvalue weighted by Gasteiger charge is 2.29. The van der Waals surface area contributed by atoms with Crippen molar-refractivity contribution in [3.05, 3.63) is 59.1 Å². The van der Waals surface area contributed by atoms with Crippen LogP contribution in [0.3, 0.4) is 0 Å². The SMILES string of the molecule is O=C(CN1CCN(S(=O)(=O)c2cccc(Cl)c2)CC1)Nc1ccc(F)c(F)c1. The molecular formula is C18H18ClF2N3O3S. The smallest absolute Gasteiger partial charge is 0.243 e. The maximum atomic E-state index is 13.2. The zero-order valence-electron chi connectivity index (χ0n) is 14.7. The minimum atomic E-state index is -3.65. The standard InChI is InChI=1S/C18H18ClF2N3O3S/c19-13-2-1-3-15(10-13)28(26,27)24-8-6-23(7-9-24)12-18(25)22-14-4-5-16(20)17(21)11-14/h1-5,10-11H,6-9,12H2,(H,22,25). The summed E-state index contributed by atoms with van der Waals surface area (Å²) in [7, 11) is -3.65. The molecule has 0 atom stereocenters. The van der Waals surface area contributed by atoms with Crippen molar-refractivity contribution in [3.8, 4) is 0 Å². The van der Waals surface area contributed by atoms with Crippen molar-refractivity contribution in [3.63, 3.8) is 0 Å². The van der Waals surface area contributed by atoms with Gasteiger partial charge in [-0.05, 0) is 30.3 Å². The highest BCUT2D eigenvalue weighted by atomic mass is 35.5. The molecular weight excluding hydrogens is 412 g/mol. The van der Waals surface area contributed by atoms with Crippen LogP contribution >= 0.6 is 11.6 Å². The molecule has 1 aliphatic heterocycles. The van der Waals surface area contributed by atoms with E-state index in [-0.39, 0.29) is 30.2 Å². The monoisotopic (exact) mass is 429 g/mol. The van der Waals surface area contributed by atoms with Gasteiger partial charge in [-0.1, -0.05) is 17.7 Å². The average molecular weight is 430 g/mol. The lowest BCUT2D eigenvalue weighted by Gasteiger charge is -2.33. The maximum Gasteiger partial charge on any atom is 0.243 e. The third-order valence-corrected chi connectivity index (χ3v) is 6.47. The van der Waals surface area contributed by atoms with Gasteiger partial charge in [0, 0.05) is 43.0 Å². The van der Waals surface area contributed by atoms with Crippen LogP contribution < -0.4 is 5.32 Å². The van der Waals surface area contributed by atoms with Gasteiger partial charge in [-0.25, -0.2) is 17.2 Å². The Balaban J connectivity index is 1.55.